The topological polar surface area (TPSA) is 86.7 Å². The highest BCUT2D eigenvalue weighted by Gasteiger charge is 2.18. The molecule has 0 fully saturated rings. The van der Waals surface area contributed by atoms with Gasteiger partial charge in [0.2, 0.25) is 0 Å². The van der Waals surface area contributed by atoms with Gasteiger partial charge >= 0.3 is 23.9 Å². The first-order valence-electron chi connectivity index (χ1n) is 8.48. The van der Waals surface area contributed by atoms with Gasteiger partial charge < -0.3 is 9.47 Å². The Bertz CT molecular complexity index is 1010. The van der Waals surface area contributed by atoms with Crippen LogP contribution in [0.25, 0.3) is 0 Å². The molecule has 0 unspecified atom stereocenters. The van der Waals surface area contributed by atoms with E-state index >= 15 is 0 Å². The Morgan fingerprint density at radius 2 is 0.633 bits per heavy atom. The maximum Gasteiger partial charge on any atom is 0.346 e. The van der Waals surface area contributed by atoms with Crippen LogP contribution in [0.2, 0.25) is 10.0 Å². The van der Waals surface area contributed by atoms with Gasteiger partial charge in [0.1, 0.15) is 0 Å². The molecule has 0 aliphatic rings. The normalized spacial score (nSPS) is 10.2. The van der Waals surface area contributed by atoms with Gasteiger partial charge in [-0.2, -0.15) is 0 Å². The van der Waals surface area contributed by atoms with Crippen LogP contribution in [0.1, 0.15) is 41.4 Å². The molecule has 0 N–H and O–H groups in total. The summed E-state index contributed by atoms with van der Waals surface area (Å²) >= 11 is 11.5. The monoisotopic (exact) mass is 442 g/mol. The summed E-state index contributed by atoms with van der Waals surface area (Å²) in [6, 6.07) is 16.8. The molecule has 0 radical (unpaired) electrons. The van der Waals surface area contributed by atoms with Crippen LogP contribution in [0.15, 0.2) is 72.8 Å². The van der Waals surface area contributed by atoms with E-state index in [0.29, 0.717) is 10.0 Å². The molecule has 0 saturated heterocycles. The van der Waals surface area contributed by atoms with Crippen molar-refractivity contribution in [3.05, 3.63) is 105 Å². The summed E-state index contributed by atoms with van der Waals surface area (Å²) in [5.74, 6) is -3.47. The van der Waals surface area contributed by atoms with Crippen LogP contribution in [-0.4, -0.2) is 23.9 Å². The van der Waals surface area contributed by atoms with Gasteiger partial charge in [-0.3, -0.25) is 0 Å². The summed E-state index contributed by atoms with van der Waals surface area (Å²) < 4.78 is 9.59. The highest BCUT2D eigenvalue weighted by atomic mass is 35.5. The van der Waals surface area contributed by atoms with E-state index < -0.39 is 23.9 Å². The molecular weight excluding hydrogens is 431 g/mol. The summed E-state index contributed by atoms with van der Waals surface area (Å²) in [6.07, 6.45) is 0. The third-order valence-corrected chi connectivity index (χ3v) is 4.39. The summed E-state index contributed by atoms with van der Waals surface area (Å²) in [7, 11) is 0. The molecular formula is C22H12Cl2O6. The lowest BCUT2D eigenvalue weighted by molar-refractivity contribution is 0.0376. The zero-order valence-corrected chi connectivity index (χ0v) is 16.6. The molecule has 0 saturated carbocycles. The van der Waals surface area contributed by atoms with Gasteiger partial charge in [-0.15, -0.1) is 0 Å². The molecule has 0 aliphatic heterocycles. The van der Waals surface area contributed by atoms with Gasteiger partial charge in [0, 0.05) is 10.0 Å². The van der Waals surface area contributed by atoms with E-state index in [4.69, 9.17) is 32.7 Å². The van der Waals surface area contributed by atoms with Gasteiger partial charge in [-0.1, -0.05) is 23.2 Å². The lowest BCUT2D eigenvalue weighted by atomic mass is 10.1. The molecule has 3 aromatic rings. The fraction of sp³-hybridized carbons (Fsp3) is 0. The SMILES string of the molecule is O=C(OC(=O)c1ccc(C(=O)OC(=O)c2ccc(Cl)cc2)cc1)c1ccc(Cl)cc1. The fourth-order valence-electron chi connectivity index (χ4n) is 2.32. The van der Waals surface area contributed by atoms with E-state index in [2.05, 4.69) is 0 Å². The van der Waals surface area contributed by atoms with Crippen molar-refractivity contribution in [2.45, 2.75) is 0 Å². The minimum absolute atomic E-state index is 0.0397. The fourth-order valence-corrected chi connectivity index (χ4v) is 2.57. The number of rotatable bonds is 4. The zero-order valence-electron chi connectivity index (χ0n) is 15.1. The van der Waals surface area contributed by atoms with Crippen molar-refractivity contribution >= 4 is 47.1 Å². The zero-order chi connectivity index (χ0) is 21.7. The summed E-state index contributed by atoms with van der Waals surface area (Å²) in [5.41, 5.74) is 0.401. The second-order valence-electron chi connectivity index (χ2n) is 5.95. The maximum absolute atomic E-state index is 12.1. The number of benzene rings is 3. The Balaban J connectivity index is 1.62. The van der Waals surface area contributed by atoms with E-state index in [9.17, 15) is 19.2 Å². The van der Waals surface area contributed by atoms with Crippen LogP contribution >= 0.6 is 23.2 Å². The average Bonchev–Trinajstić information content (AvgIpc) is 2.74. The first-order valence-corrected chi connectivity index (χ1v) is 9.23. The second kappa shape index (κ2) is 9.35. The second-order valence-corrected chi connectivity index (χ2v) is 6.82. The molecule has 0 bridgehead atoms. The third-order valence-electron chi connectivity index (χ3n) is 3.89. The standard InChI is InChI=1S/C22H12Cl2O6/c23-17-9-5-15(6-10-17)21(27)29-19(25)13-1-2-14(4-3-13)20(26)30-22(28)16-7-11-18(24)12-8-16/h1-12H. The van der Waals surface area contributed by atoms with E-state index in [1.54, 1.807) is 0 Å². The number of carbonyl (C=O) groups excluding carboxylic acids is 4. The van der Waals surface area contributed by atoms with Crippen molar-refractivity contribution in [2.75, 3.05) is 0 Å². The molecule has 0 aromatic heterocycles. The predicted octanol–water partition coefficient (Wildman–Crippen LogP) is 4.99. The van der Waals surface area contributed by atoms with Gasteiger partial charge in [0.05, 0.1) is 22.3 Å². The Labute approximate surface area is 180 Å². The molecule has 0 heterocycles. The summed E-state index contributed by atoms with van der Waals surface area (Å²) in [5, 5.41) is 0.879. The van der Waals surface area contributed by atoms with Gasteiger partial charge in [0.25, 0.3) is 0 Å². The molecule has 8 heteroatoms. The Morgan fingerprint density at radius 3 is 0.867 bits per heavy atom. The van der Waals surface area contributed by atoms with Gasteiger partial charge in [0.15, 0.2) is 0 Å². The van der Waals surface area contributed by atoms with Gasteiger partial charge in [-0.25, -0.2) is 19.2 Å². The highest BCUT2D eigenvalue weighted by Crippen LogP contribution is 2.14. The molecule has 0 aliphatic carbocycles. The van der Waals surface area contributed by atoms with Gasteiger partial charge in [-0.05, 0) is 72.8 Å². The molecule has 30 heavy (non-hydrogen) atoms. The molecule has 3 rings (SSSR count). The van der Waals surface area contributed by atoms with Crippen molar-refractivity contribution in [2.24, 2.45) is 0 Å². The number of ether oxygens (including phenoxy) is 2. The quantitative estimate of drug-likeness (QED) is 0.417. The van der Waals surface area contributed by atoms with Crippen molar-refractivity contribution in [3.8, 4) is 0 Å². The van der Waals surface area contributed by atoms with E-state index in [1.807, 2.05) is 0 Å². The Hall–Kier alpha value is -3.48. The van der Waals surface area contributed by atoms with Crippen LogP contribution in [0.3, 0.4) is 0 Å². The predicted molar refractivity (Wildman–Crippen MR) is 109 cm³/mol. The maximum atomic E-state index is 12.1. The van der Waals surface area contributed by atoms with Crippen LogP contribution in [-0.2, 0) is 9.47 Å². The smallest absolute Gasteiger partial charge is 0.346 e. The van der Waals surface area contributed by atoms with Crippen molar-refractivity contribution in [1.82, 2.24) is 0 Å². The Kier molecular flexibility index (Phi) is 6.61. The molecule has 6 nitrogen and oxygen atoms in total. The van der Waals surface area contributed by atoms with Crippen molar-refractivity contribution in [1.29, 1.82) is 0 Å². The minimum Gasteiger partial charge on any atom is -0.386 e. The van der Waals surface area contributed by atoms with Crippen LogP contribution in [0.4, 0.5) is 0 Å². The minimum atomic E-state index is -0.896. The summed E-state index contributed by atoms with van der Waals surface area (Å²) in [4.78, 5) is 48.2. The van der Waals surface area contributed by atoms with Crippen LogP contribution in [0.5, 0.6) is 0 Å². The van der Waals surface area contributed by atoms with E-state index in [1.165, 1.54) is 72.8 Å². The van der Waals surface area contributed by atoms with Crippen molar-refractivity contribution < 1.29 is 28.7 Å². The average molecular weight is 443 g/mol. The summed E-state index contributed by atoms with van der Waals surface area (Å²) in [6.45, 7) is 0. The van der Waals surface area contributed by atoms with Crippen LogP contribution < -0.4 is 0 Å². The molecule has 0 atom stereocenters. The Morgan fingerprint density at radius 1 is 0.433 bits per heavy atom. The highest BCUT2D eigenvalue weighted by molar-refractivity contribution is 6.31. The lowest BCUT2D eigenvalue weighted by Crippen LogP contribution is -2.14. The number of hydrogen-bond donors (Lipinski definition) is 0. The first-order chi connectivity index (χ1) is 14.3. The molecule has 0 amide bonds. The lowest BCUT2D eigenvalue weighted by Gasteiger charge is -2.05. The third kappa shape index (κ3) is 5.31. The van der Waals surface area contributed by atoms with E-state index in [-0.39, 0.29) is 22.3 Å². The number of hydrogen-bond acceptors (Lipinski definition) is 6. The largest absolute Gasteiger partial charge is 0.386 e. The molecule has 3 aromatic carbocycles. The molecule has 150 valence electrons. The molecule has 0 spiro atoms. The first kappa shape index (κ1) is 21.2. The number of esters is 4. The number of carbonyl (C=O) groups is 4. The van der Waals surface area contributed by atoms with E-state index in [0.717, 1.165) is 0 Å². The van der Waals surface area contributed by atoms with Crippen LogP contribution in [0, 0.1) is 0 Å². The van der Waals surface area contributed by atoms with Crippen molar-refractivity contribution in [3.63, 3.8) is 0 Å². The number of halogens is 2.